The molecule has 0 aliphatic carbocycles. The molecule has 0 N–H and O–H groups in total. The number of imidazole rings is 1. The highest BCUT2D eigenvalue weighted by Gasteiger charge is 2.14. The van der Waals surface area contributed by atoms with Crippen LogP contribution in [0, 0.1) is 25.2 Å². The number of hydrogen-bond donors (Lipinski definition) is 0. The van der Waals surface area contributed by atoms with Crippen molar-refractivity contribution >= 4 is 17.2 Å². The number of aromatic nitrogens is 2. The number of benzene rings is 1. The van der Waals surface area contributed by atoms with Crippen LogP contribution in [-0.2, 0) is 6.42 Å². The third-order valence-corrected chi connectivity index (χ3v) is 3.97. The molecule has 0 radical (unpaired) electrons. The molecule has 0 bridgehead atoms. The monoisotopic (exact) mass is 295 g/mol. The van der Waals surface area contributed by atoms with Crippen LogP contribution in [0.3, 0.4) is 0 Å². The van der Waals surface area contributed by atoms with E-state index in [1.54, 1.807) is 0 Å². The number of pyridine rings is 1. The Morgan fingerprint density at radius 1 is 1.24 bits per heavy atom. The molecule has 0 aliphatic rings. The highest BCUT2D eigenvalue weighted by molar-refractivity contribution is 6.31. The van der Waals surface area contributed by atoms with Gasteiger partial charge < -0.3 is 4.40 Å². The average Bonchev–Trinajstić information content (AvgIpc) is 2.81. The van der Waals surface area contributed by atoms with Gasteiger partial charge in [0.05, 0.1) is 23.9 Å². The zero-order valence-electron chi connectivity index (χ0n) is 11.9. The third kappa shape index (κ3) is 2.39. The number of aryl methyl sites for hydroxylation is 2. The first-order chi connectivity index (χ1) is 10.1. The van der Waals surface area contributed by atoms with Gasteiger partial charge in [-0.2, -0.15) is 5.26 Å². The van der Waals surface area contributed by atoms with Crippen LogP contribution >= 0.6 is 11.6 Å². The Bertz CT molecular complexity index is 872. The first-order valence-electron chi connectivity index (χ1n) is 6.71. The van der Waals surface area contributed by atoms with E-state index >= 15 is 0 Å². The second-order valence-corrected chi connectivity index (χ2v) is 5.55. The molecule has 1 aromatic carbocycles. The van der Waals surface area contributed by atoms with Crippen LogP contribution in [0.25, 0.3) is 16.9 Å². The largest absolute Gasteiger partial charge is 0.302 e. The predicted molar refractivity (Wildman–Crippen MR) is 84.4 cm³/mol. The maximum Gasteiger partial charge on any atom is 0.137 e. The van der Waals surface area contributed by atoms with Crippen molar-refractivity contribution in [3.05, 3.63) is 58.4 Å². The fraction of sp³-hybridized carbons (Fsp3) is 0.176. The topological polar surface area (TPSA) is 41.1 Å². The number of fused-ring (bicyclic) bond motifs is 1. The average molecular weight is 296 g/mol. The molecule has 0 saturated carbocycles. The normalized spacial score (nSPS) is 10.8. The Hall–Kier alpha value is -2.31. The summed E-state index contributed by atoms with van der Waals surface area (Å²) in [6, 6.07) is 12.1. The molecular weight excluding hydrogens is 282 g/mol. The highest BCUT2D eigenvalue weighted by atomic mass is 35.5. The number of halogens is 1. The molecular formula is C17H14ClN3. The van der Waals surface area contributed by atoms with Gasteiger partial charge in [-0.15, -0.1) is 0 Å². The molecule has 0 unspecified atom stereocenters. The lowest BCUT2D eigenvalue weighted by molar-refractivity contribution is 1.04. The van der Waals surface area contributed by atoms with Gasteiger partial charge in [0.25, 0.3) is 0 Å². The van der Waals surface area contributed by atoms with Gasteiger partial charge in [0.2, 0.25) is 0 Å². The summed E-state index contributed by atoms with van der Waals surface area (Å²) < 4.78 is 2.00. The minimum atomic E-state index is 0.321. The molecule has 21 heavy (non-hydrogen) atoms. The molecule has 0 atom stereocenters. The van der Waals surface area contributed by atoms with E-state index in [0.717, 1.165) is 38.7 Å². The van der Waals surface area contributed by atoms with E-state index < -0.39 is 0 Å². The maximum absolute atomic E-state index is 9.12. The Morgan fingerprint density at radius 3 is 2.76 bits per heavy atom. The minimum absolute atomic E-state index is 0.321. The van der Waals surface area contributed by atoms with Gasteiger partial charge >= 0.3 is 0 Å². The van der Waals surface area contributed by atoms with E-state index in [9.17, 15) is 0 Å². The number of nitrogens with zero attached hydrogens (tertiary/aromatic N) is 3. The van der Waals surface area contributed by atoms with Gasteiger partial charge in [0.1, 0.15) is 5.65 Å². The Labute approximate surface area is 128 Å². The lowest BCUT2D eigenvalue weighted by Crippen LogP contribution is -1.94. The molecule has 2 aromatic heterocycles. The van der Waals surface area contributed by atoms with Crippen LogP contribution in [0.2, 0.25) is 5.02 Å². The zero-order valence-corrected chi connectivity index (χ0v) is 12.6. The molecule has 0 fully saturated rings. The smallest absolute Gasteiger partial charge is 0.137 e. The van der Waals surface area contributed by atoms with Crippen LogP contribution in [-0.4, -0.2) is 9.38 Å². The van der Waals surface area contributed by atoms with Crippen molar-refractivity contribution in [3.8, 4) is 17.3 Å². The third-order valence-electron chi connectivity index (χ3n) is 3.54. The predicted octanol–water partition coefficient (Wildman–Crippen LogP) is 4.34. The first kappa shape index (κ1) is 13.7. The van der Waals surface area contributed by atoms with E-state index in [-0.39, 0.29) is 0 Å². The van der Waals surface area contributed by atoms with E-state index in [1.165, 1.54) is 0 Å². The number of rotatable bonds is 2. The van der Waals surface area contributed by atoms with E-state index in [4.69, 9.17) is 16.9 Å². The van der Waals surface area contributed by atoms with Crippen LogP contribution in [0.4, 0.5) is 0 Å². The summed E-state index contributed by atoms with van der Waals surface area (Å²) in [7, 11) is 0. The van der Waals surface area contributed by atoms with E-state index in [0.29, 0.717) is 6.42 Å². The highest BCUT2D eigenvalue weighted by Crippen LogP contribution is 2.28. The Morgan fingerprint density at radius 2 is 2.05 bits per heavy atom. The summed E-state index contributed by atoms with van der Waals surface area (Å²) in [5, 5.41) is 9.86. The van der Waals surface area contributed by atoms with Crippen molar-refractivity contribution in [1.29, 1.82) is 5.26 Å². The fourth-order valence-corrected chi connectivity index (χ4v) is 2.58. The molecule has 0 aliphatic heterocycles. The van der Waals surface area contributed by atoms with Gasteiger partial charge in [-0.05, 0) is 43.2 Å². The van der Waals surface area contributed by atoms with Crippen LogP contribution in [0.15, 0.2) is 36.5 Å². The first-order valence-corrected chi connectivity index (χ1v) is 7.09. The van der Waals surface area contributed by atoms with Gasteiger partial charge in [0.15, 0.2) is 0 Å². The second kappa shape index (κ2) is 5.23. The Balaban J connectivity index is 2.28. The number of hydrogen-bond acceptors (Lipinski definition) is 2. The van der Waals surface area contributed by atoms with Crippen LogP contribution < -0.4 is 0 Å². The minimum Gasteiger partial charge on any atom is -0.302 e. The summed E-state index contributed by atoms with van der Waals surface area (Å²) in [5.41, 5.74) is 5.75. The molecule has 3 aromatic rings. The van der Waals surface area contributed by atoms with Crippen molar-refractivity contribution in [2.24, 2.45) is 0 Å². The molecule has 3 rings (SSSR count). The van der Waals surface area contributed by atoms with Gasteiger partial charge in [0, 0.05) is 16.8 Å². The molecule has 3 nitrogen and oxygen atoms in total. The van der Waals surface area contributed by atoms with Crippen molar-refractivity contribution in [2.45, 2.75) is 20.3 Å². The van der Waals surface area contributed by atoms with Crippen LogP contribution in [0.1, 0.15) is 16.8 Å². The van der Waals surface area contributed by atoms with E-state index in [1.807, 2.05) is 54.8 Å². The standard InChI is InChI=1S/C17H14ClN3/c1-11-3-6-16-20-17(15(7-8-19)21(16)10-11)13-4-5-14(18)12(2)9-13/h3-6,9-10H,7H2,1-2H3. The molecule has 104 valence electrons. The van der Waals surface area contributed by atoms with Gasteiger partial charge in [-0.25, -0.2) is 4.98 Å². The lowest BCUT2D eigenvalue weighted by Gasteiger charge is -2.04. The van der Waals surface area contributed by atoms with Gasteiger partial charge in [-0.3, -0.25) is 0 Å². The lowest BCUT2D eigenvalue weighted by atomic mass is 10.1. The fourth-order valence-electron chi connectivity index (χ4n) is 2.47. The van der Waals surface area contributed by atoms with Crippen molar-refractivity contribution < 1.29 is 0 Å². The summed E-state index contributed by atoms with van der Waals surface area (Å²) in [6.45, 7) is 4.00. The molecule has 0 amide bonds. The van der Waals surface area contributed by atoms with Crippen molar-refractivity contribution in [1.82, 2.24) is 9.38 Å². The molecule has 4 heteroatoms. The zero-order chi connectivity index (χ0) is 15.0. The molecule has 0 saturated heterocycles. The quantitative estimate of drug-likeness (QED) is 0.706. The maximum atomic E-state index is 9.12. The SMILES string of the molecule is Cc1ccc2nc(-c3ccc(Cl)c(C)c3)c(CC#N)n2c1. The summed E-state index contributed by atoms with van der Waals surface area (Å²) in [5.74, 6) is 0. The van der Waals surface area contributed by atoms with E-state index in [2.05, 4.69) is 11.1 Å². The van der Waals surface area contributed by atoms with Crippen molar-refractivity contribution in [2.75, 3.05) is 0 Å². The summed E-state index contributed by atoms with van der Waals surface area (Å²) >= 11 is 6.09. The van der Waals surface area contributed by atoms with Crippen molar-refractivity contribution in [3.63, 3.8) is 0 Å². The summed E-state index contributed by atoms with van der Waals surface area (Å²) in [4.78, 5) is 4.68. The summed E-state index contributed by atoms with van der Waals surface area (Å²) in [6.07, 6.45) is 2.34. The second-order valence-electron chi connectivity index (χ2n) is 5.14. The molecule has 0 spiro atoms. The van der Waals surface area contributed by atoms with Crippen LogP contribution in [0.5, 0.6) is 0 Å². The van der Waals surface area contributed by atoms with Gasteiger partial charge in [-0.1, -0.05) is 23.7 Å². The molecule has 2 heterocycles. The number of nitriles is 1. The Kier molecular flexibility index (Phi) is 3.40.